The van der Waals surface area contributed by atoms with Crippen LogP contribution in [0.3, 0.4) is 0 Å². The van der Waals surface area contributed by atoms with Gasteiger partial charge in [0.05, 0.1) is 6.61 Å². The number of aliphatic hydroxyl groups is 5. The van der Waals surface area contributed by atoms with Crippen molar-refractivity contribution in [2.24, 2.45) is 0 Å². The van der Waals surface area contributed by atoms with E-state index in [4.69, 9.17) is 18.5 Å². The van der Waals surface area contributed by atoms with Crippen molar-refractivity contribution in [3.05, 3.63) is 12.2 Å². The summed E-state index contributed by atoms with van der Waals surface area (Å²) < 4.78 is 33.4. The van der Waals surface area contributed by atoms with Crippen LogP contribution in [0.1, 0.15) is 194 Å². The number of phosphoric ester groups is 1. The zero-order valence-corrected chi connectivity index (χ0v) is 36.3. The fourth-order valence-corrected chi connectivity index (χ4v) is 7.90. The number of allylic oxidation sites excluding steroid dienone is 2. The zero-order chi connectivity index (χ0) is 42.2. The second kappa shape index (κ2) is 34.3. The number of esters is 2. The Morgan fingerprint density at radius 1 is 0.526 bits per heavy atom. The van der Waals surface area contributed by atoms with E-state index in [2.05, 4.69) is 26.0 Å². The van der Waals surface area contributed by atoms with Crippen LogP contribution in [-0.4, -0.2) is 98.3 Å². The van der Waals surface area contributed by atoms with Crippen molar-refractivity contribution < 1.29 is 63.1 Å². The van der Waals surface area contributed by atoms with E-state index in [1.54, 1.807) is 0 Å². The Bertz CT molecular complexity index is 1060. The Kier molecular flexibility index (Phi) is 32.3. The van der Waals surface area contributed by atoms with Gasteiger partial charge in [-0.3, -0.25) is 18.6 Å². The van der Waals surface area contributed by atoms with Gasteiger partial charge in [0.25, 0.3) is 0 Å². The first-order chi connectivity index (χ1) is 27.4. The summed E-state index contributed by atoms with van der Waals surface area (Å²) in [6.45, 7) is 3.28. The highest BCUT2D eigenvalue weighted by atomic mass is 31.2. The first-order valence-corrected chi connectivity index (χ1v) is 24.0. The molecule has 0 heterocycles. The summed E-state index contributed by atoms with van der Waals surface area (Å²) in [5, 5.41) is 50.0. The monoisotopic (exact) mass is 837 g/mol. The van der Waals surface area contributed by atoms with Gasteiger partial charge in [-0.25, -0.2) is 4.57 Å². The van der Waals surface area contributed by atoms with Crippen LogP contribution in [-0.2, 0) is 32.7 Å². The number of rotatable bonds is 37. The minimum absolute atomic E-state index is 0.0957. The van der Waals surface area contributed by atoms with Gasteiger partial charge >= 0.3 is 19.8 Å². The highest BCUT2D eigenvalue weighted by Crippen LogP contribution is 2.47. The molecule has 57 heavy (non-hydrogen) atoms. The highest BCUT2D eigenvalue weighted by Gasteiger charge is 2.51. The van der Waals surface area contributed by atoms with Gasteiger partial charge in [0.15, 0.2) is 6.10 Å². The Morgan fingerprint density at radius 3 is 1.33 bits per heavy atom. The molecule has 1 rings (SSSR count). The average Bonchev–Trinajstić information content (AvgIpc) is 3.19. The number of ether oxygens (including phenoxy) is 2. The summed E-state index contributed by atoms with van der Waals surface area (Å²) in [4.78, 5) is 35.6. The van der Waals surface area contributed by atoms with Crippen molar-refractivity contribution >= 4 is 19.8 Å². The lowest BCUT2D eigenvalue weighted by molar-refractivity contribution is -0.220. The van der Waals surface area contributed by atoms with Crippen LogP contribution in [0.5, 0.6) is 0 Å². The van der Waals surface area contributed by atoms with Crippen molar-refractivity contribution in [2.45, 2.75) is 236 Å². The second-order valence-corrected chi connectivity index (χ2v) is 17.3. The standard InChI is InChI=1S/C43H81O13P/c1-3-5-7-9-11-13-15-16-17-18-19-20-21-22-24-26-28-30-32-37(45)55-35(33-53-36(44)31-29-27-25-23-14-12-10-8-6-4-2)34-54-57(51,52)56-43-41(49)39(47)38(46)40(48)42(43)50/h17-18,35,38-43,46-50H,3-16,19-34H2,1-2H3,(H,51,52)/b18-17-. The van der Waals surface area contributed by atoms with Gasteiger partial charge < -0.3 is 39.9 Å². The number of unbranched alkanes of at least 4 members (excludes halogenated alkanes) is 23. The van der Waals surface area contributed by atoms with Crippen molar-refractivity contribution in [2.75, 3.05) is 13.2 Å². The largest absolute Gasteiger partial charge is 0.472 e. The van der Waals surface area contributed by atoms with Gasteiger partial charge in [-0.1, -0.05) is 154 Å². The van der Waals surface area contributed by atoms with E-state index in [0.717, 1.165) is 51.4 Å². The predicted octanol–water partition coefficient (Wildman–Crippen LogP) is 8.28. The van der Waals surface area contributed by atoms with E-state index in [1.807, 2.05) is 0 Å². The molecular weight excluding hydrogens is 755 g/mol. The maximum Gasteiger partial charge on any atom is 0.472 e. The van der Waals surface area contributed by atoms with Gasteiger partial charge in [0.2, 0.25) is 0 Å². The SMILES string of the molecule is CCCCCCCCC/C=C\CCCCCCCCCC(=O)OC(COC(=O)CCCCCCCCCCCC)COP(=O)(O)OC1C(O)C(O)C(O)C(O)C1O. The van der Waals surface area contributed by atoms with Gasteiger partial charge in [0.1, 0.15) is 43.2 Å². The molecule has 1 saturated carbocycles. The molecule has 0 aromatic rings. The van der Waals surface area contributed by atoms with Crippen LogP contribution in [0.2, 0.25) is 0 Å². The van der Waals surface area contributed by atoms with E-state index in [1.165, 1.54) is 103 Å². The average molecular weight is 837 g/mol. The molecule has 336 valence electrons. The predicted molar refractivity (Wildman–Crippen MR) is 221 cm³/mol. The van der Waals surface area contributed by atoms with Crippen LogP contribution in [0.4, 0.5) is 0 Å². The zero-order valence-electron chi connectivity index (χ0n) is 35.4. The molecule has 6 N–H and O–H groups in total. The molecule has 0 radical (unpaired) electrons. The first-order valence-electron chi connectivity index (χ1n) is 22.5. The minimum atomic E-state index is -5.11. The first kappa shape index (κ1) is 53.6. The molecule has 6 unspecified atom stereocenters. The number of aliphatic hydroxyl groups excluding tert-OH is 5. The smallest absolute Gasteiger partial charge is 0.462 e. The van der Waals surface area contributed by atoms with E-state index in [-0.39, 0.29) is 12.8 Å². The van der Waals surface area contributed by atoms with E-state index in [0.29, 0.717) is 12.8 Å². The topological polar surface area (TPSA) is 210 Å². The number of hydrogen-bond acceptors (Lipinski definition) is 12. The van der Waals surface area contributed by atoms with Crippen molar-refractivity contribution in [3.8, 4) is 0 Å². The summed E-state index contributed by atoms with van der Waals surface area (Å²) in [7, 11) is -5.11. The third kappa shape index (κ3) is 27.1. The molecule has 0 saturated heterocycles. The lowest BCUT2D eigenvalue weighted by Gasteiger charge is -2.41. The normalized spacial score (nSPS) is 22.7. The van der Waals surface area contributed by atoms with Crippen LogP contribution < -0.4 is 0 Å². The summed E-state index contributed by atoms with van der Waals surface area (Å²) >= 11 is 0. The molecule has 0 aromatic heterocycles. The summed E-state index contributed by atoms with van der Waals surface area (Å²) in [5.74, 6) is -1.10. The molecular formula is C43H81O13P. The lowest BCUT2D eigenvalue weighted by atomic mass is 9.85. The third-order valence-electron chi connectivity index (χ3n) is 10.6. The molecule has 6 atom stereocenters. The van der Waals surface area contributed by atoms with Crippen LogP contribution >= 0.6 is 7.82 Å². The number of hydrogen-bond donors (Lipinski definition) is 6. The fraction of sp³-hybridized carbons (Fsp3) is 0.907. The van der Waals surface area contributed by atoms with E-state index < -0.39 is 75.7 Å². The van der Waals surface area contributed by atoms with Crippen molar-refractivity contribution in [3.63, 3.8) is 0 Å². The molecule has 1 aliphatic rings. The quantitative estimate of drug-likeness (QED) is 0.0151. The van der Waals surface area contributed by atoms with Gasteiger partial charge in [-0.15, -0.1) is 0 Å². The molecule has 1 fully saturated rings. The van der Waals surface area contributed by atoms with Crippen LogP contribution in [0.25, 0.3) is 0 Å². The molecule has 0 spiro atoms. The van der Waals surface area contributed by atoms with E-state index in [9.17, 15) is 44.6 Å². The summed E-state index contributed by atoms with van der Waals surface area (Å²) in [6.07, 6.45) is 21.3. The molecule has 0 bridgehead atoms. The maximum absolute atomic E-state index is 12.8. The van der Waals surface area contributed by atoms with Crippen LogP contribution in [0, 0.1) is 0 Å². The molecule has 1 aliphatic carbocycles. The van der Waals surface area contributed by atoms with E-state index >= 15 is 0 Å². The number of phosphoric acid groups is 1. The molecule has 0 amide bonds. The van der Waals surface area contributed by atoms with Crippen molar-refractivity contribution in [1.29, 1.82) is 0 Å². The minimum Gasteiger partial charge on any atom is -0.462 e. The molecule has 0 aliphatic heterocycles. The summed E-state index contributed by atoms with van der Waals surface area (Å²) in [6, 6.07) is 0. The molecule has 14 heteroatoms. The number of carbonyl (C=O) groups is 2. The Labute approximate surface area is 343 Å². The lowest BCUT2D eigenvalue weighted by Crippen LogP contribution is -2.64. The van der Waals surface area contributed by atoms with Gasteiger partial charge in [0, 0.05) is 12.8 Å². The number of carbonyl (C=O) groups excluding carboxylic acids is 2. The highest BCUT2D eigenvalue weighted by molar-refractivity contribution is 7.47. The third-order valence-corrected chi connectivity index (χ3v) is 11.6. The van der Waals surface area contributed by atoms with Gasteiger partial charge in [-0.05, 0) is 38.5 Å². The van der Waals surface area contributed by atoms with Crippen molar-refractivity contribution in [1.82, 2.24) is 0 Å². The maximum atomic E-state index is 12.8. The van der Waals surface area contributed by atoms with Gasteiger partial charge in [-0.2, -0.15) is 0 Å². The Morgan fingerprint density at radius 2 is 0.895 bits per heavy atom. The Hall–Kier alpha value is -1.41. The fourth-order valence-electron chi connectivity index (χ4n) is 6.93. The molecule has 13 nitrogen and oxygen atoms in total. The van der Waals surface area contributed by atoms with Crippen LogP contribution in [0.15, 0.2) is 12.2 Å². The Balaban J connectivity index is 2.45. The molecule has 0 aromatic carbocycles. The second-order valence-electron chi connectivity index (χ2n) is 15.9. The summed E-state index contributed by atoms with van der Waals surface area (Å²) in [5.41, 5.74) is 0.